The van der Waals surface area contributed by atoms with Crippen molar-refractivity contribution in [2.24, 2.45) is 0 Å². The Morgan fingerprint density at radius 3 is 2.35 bits per heavy atom. The Morgan fingerprint density at radius 1 is 1.18 bits per heavy atom. The van der Waals surface area contributed by atoms with Gasteiger partial charge in [-0.05, 0) is 23.8 Å². The minimum atomic E-state index is 0. The largest absolute Gasteiger partial charge is 1.00 e. The molecule has 0 atom stereocenters. The number of halogens is 3. The molecule has 1 aromatic rings. The maximum atomic E-state index is 5.49. The summed E-state index contributed by atoms with van der Waals surface area (Å²) in [5.74, 6) is 0.867. The maximum absolute atomic E-state index is 5.49. The van der Waals surface area contributed by atoms with E-state index in [0.717, 1.165) is 15.6 Å². The Balaban J connectivity index is -0.000000653. The zero-order chi connectivity index (χ0) is 10.4. The van der Waals surface area contributed by atoms with Crippen LogP contribution < -0.4 is 40.6 Å². The SMILES string of the molecule is COCCOc1cc(Br)cc(CBr)c1.O.[Br-].[Li+]. The summed E-state index contributed by atoms with van der Waals surface area (Å²) in [6.45, 7) is 1.19. The molecule has 0 heterocycles. The van der Waals surface area contributed by atoms with Gasteiger partial charge in [0.25, 0.3) is 0 Å². The van der Waals surface area contributed by atoms with Gasteiger partial charge in [0, 0.05) is 16.9 Å². The molecule has 0 aliphatic carbocycles. The van der Waals surface area contributed by atoms with Gasteiger partial charge in [0.2, 0.25) is 0 Å². The molecular weight excluding hydrogens is 415 g/mol. The van der Waals surface area contributed by atoms with E-state index in [1.54, 1.807) is 7.11 Å². The van der Waals surface area contributed by atoms with E-state index in [4.69, 9.17) is 9.47 Å². The second-order valence-electron chi connectivity index (χ2n) is 2.77. The van der Waals surface area contributed by atoms with E-state index in [-0.39, 0.29) is 41.3 Å². The van der Waals surface area contributed by atoms with E-state index in [2.05, 4.69) is 37.9 Å². The number of hydrogen-bond donors (Lipinski definition) is 0. The standard InChI is InChI=1S/C10H12Br2O2.BrH.Li.H2O/c1-13-2-3-14-10-5-8(7-11)4-9(12)6-10;;;/h4-6H,2-3,7H2,1H3;1H;;1H2/q;;+1;/p-1. The molecule has 0 saturated heterocycles. The van der Waals surface area contributed by atoms with Crippen LogP contribution in [0.1, 0.15) is 5.56 Å². The fourth-order valence-corrected chi connectivity index (χ4v) is 1.87. The Hall–Kier alpha value is 0.977. The molecule has 17 heavy (non-hydrogen) atoms. The molecule has 0 spiro atoms. The second-order valence-corrected chi connectivity index (χ2v) is 4.25. The van der Waals surface area contributed by atoms with E-state index in [0.29, 0.717) is 13.2 Å². The molecule has 1 rings (SSSR count). The van der Waals surface area contributed by atoms with Crippen molar-refractivity contribution >= 4 is 31.9 Å². The molecule has 0 aromatic heterocycles. The van der Waals surface area contributed by atoms with Gasteiger partial charge < -0.3 is 31.9 Å². The van der Waals surface area contributed by atoms with Crippen LogP contribution in [0.4, 0.5) is 0 Å². The molecule has 0 aliphatic heterocycles. The molecule has 0 bridgehead atoms. The zero-order valence-electron chi connectivity index (χ0n) is 9.80. The molecule has 2 N–H and O–H groups in total. The molecule has 1 aromatic carbocycles. The van der Waals surface area contributed by atoms with E-state index < -0.39 is 0 Å². The minimum absolute atomic E-state index is 0. The number of ether oxygens (including phenoxy) is 2. The first kappa shape index (κ1) is 23.1. The molecule has 94 valence electrons. The summed E-state index contributed by atoms with van der Waals surface area (Å²) < 4.78 is 11.4. The van der Waals surface area contributed by atoms with Crippen LogP contribution >= 0.6 is 31.9 Å². The predicted octanol–water partition coefficient (Wildman–Crippen LogP) is -3.45. The summed E-state index contributed by atoms with van der Waals surface area (Å²) in [7, 11) is 1.66. The first-order valence-electron chi connectivity index (χ1n) is 4.23. The van der Waals surface area contributed by atoms with Crippen LogP contribution in [0, 0.1) is 0 Å². The van der Waals surface area contributed by atoms with Crippen molar-refractivity contribution in [3.05, 3.63) is 28.2 Å². The van der Waals surface area contributed by atoms with Crippen molar-refractivity contribution in [3.8, 4) is 5.75 Å². The Morgan fingerprint density at radius 2 is 1.82 bits per heavy atom. The molecular formula is C10H14Br3LiO3. The number of benzene rings is 1. The van der Waals surface area contributed by atoms with E-state index >= 15 is 0 Å². The summed E-state index contributed by atoms with van der Waals surface area (Å²) in [4.78, 5) is 0. The topological polar surface area (TPSA) is 50.0 Å². The van der Waals surface area contributed by atoms with Gasteiger partial charge in [-0.25, -0.2) is 0 Å². The summed E-state index contributed by atoms with van der Waals surface area (Å²) in [5.41, 5.74) is 1.19. The first-order valence-corrected chi connectivity index (χ1v) is 6.15. The van der Waals surface area contributed by atoms with Crippen LogP contribution in [0.3, 0.4) is 0 Å². The van der Waals surface area contributed by atoms with Crippen molar-refractivity contribution in [2.75, 3.05) is 20.3 Å². The monoisotopic (exact) mass is 426 g/mol. The van der Waals surface area contributed by atoms with E-state index in [1.165, 1.54) is 5.56 Å². The predicted molar refractivity (Wildman–Crippen MR) is 67.8 cm³/mol. The molecule has 3 nitrogen and oxygen atoms in total. The summed E-state index contributed by atoms with van der Waals surface area (Å²) in [6, 6.07) is 6.01. The normalized spacial score (nSPS) is 8.41. The van der Waals surface area contributed by atoms with Crippen LogP contribution in [-0.4, -0.2) is 25.8 Å². The summed E-state index contributed by atoms with van der Waals surface area (Å²) >= 11 is 6.84. The first-order chi connectivity index (χ1) is 6.76. The van der Waals surface area contributed by atoms with Crippen molar-refractivity contribution in [1.29, 1.82) is 0 Å². The number of alkyl halides is 1. The van der Waals surface area contributed by atoms with Gasteiger partial charge in [-0.15, -0.1) is 0 Å². The van der Waals surface area contributed by atoms with Crippen LogP contribution in [0.15, 0.2) is 22.7 Å². The number of rotatable bonds is 5. The van der Waals surface area contributed by atoms with Crippen molar-refractivity contribution < 1.29 is 50.8 Å². The average molecular weight is 429 g/mol. The van der Waals surface area contributed by atoms with Crippen molar-refractivity contribution in [1.82, 2.24) is 0 Å². The smallest absolute Gasteiger partial charge is 1.00 e. The van der Waals surface area contributed by atoms with E-state index in [1.807, 2.05) is 12.1 Å². The second kappa shape index (κ2) is 13.4. The fourth-order valence-electron chi connectivity index (χ4n) is 1.02. The zero-order valence-corrected chi connectivity index (χ0v) is 14.6. The Kier molecular flexibility index (Phi) is 18.2. The molecule has 0 amide bonds. The Bertz CT molecular complexity index is 300. The molecule has 0 unspecified atom stereocenters. The van der Waals surface area contributed by atoms with Gasteiger partial charge in [-0.2, -0.15) is 0 Å². The van der Waals surface area contributed by atoms with Crippen LogP contribution in [-0.2, 0) is 10.1 Å². The fraction of sp³-hybridized carbons (Fsp3) is 0.400. The molecule has 0 saturated carbocycles. The van der Waals surface area contributed by atoms with Gasteiger partial charge in [-0.3, -0.25) is 0 Å². The van der Waals surface area contributed by atoms with Crippen LogP contribution in [0.25, 0.3) is 0 Å². The van der Waals surface area contributed by atoms with Gasteiger partial charge in [0.05, 0.1) is 6.61 Å². The van der Waals surface area contributed by atoms with Crippen molar-refractivity contribution in [2.45, 2.75) is 5.33 Å². The van der Waals surface area contributed by atoms with Gasteiger partial charge in [-0.1, -0.05) is 31.9 Å². The Labute approximate surface area is 141 Å². The third-order valence-electron chi connectivity index (χ3n) is 1.64. The number of hydrogen-bond acceptors (Lipinski definition) is 2. The summed E-state index contributed by atoms with van der Waals surface area (Å²) in [6.07, 6.45) is 0. The summed E-state index contributed by atoms with van der Waals surface area (Å²) in [5, 5.41) is 0.826. The quantitative estimate of drug-likeness (QED) is 0.278. The molecule has 7 heteroatoms. The van der Waals surface area contributed by atoms with Crippen molar-refractivity contribution in [3.63, 3.8) is 0 Å². The molecule has 0 aliphatic rings. The third-order valence-corrected chi connectivity index (χ3v) is 2.75. The van der Waals surface area contributed by atoms with E-state index in [9.17, 15) is 0 Å². The van der Waals surface area contributed by atoms with Gasteiger partial charge in [0.1, 0.15) is 12.4 Å². The van der Waals surface area contributed by atoms with Gasteiger partial charge in [0.15, 0.2) is 0 Å². The van der Waals surface area contributed by atoms with Crippen LogP contribution in [0.5, 0.6) is 5.75 Å². The van der Waals surface area contributed by atoms with Crippen LogP contribution in [0.2, 0.25) is 0 Å². The minimum Gasteiger partial charge on any atom is -1.00 e. The molecule has 0 fully saturated rings. The number of methoxy groups -OCH3 is 1. The average Bonchev–Trinajstić information content (AvgIpc) is 2.17. The maximum Gasteiger partial charge on any atom is 1.00 e. The third kappa shape index (κ3) is 9.54. The van der Waals surface area contributed by atoms with Gasteiger partial charge >= 0.3 is 18.9 Å². The molecule has 0 radical (unpaired) electrons.